The minimum absolute atomic E-state index is 0.0273. The summed E-state index contributed by atoms with van der Waals surface area (Å²) in [7, 11) is 0. The zero-order chi connectivity index (χ0) is 20.2. The number of likely N-dealkylation sites (tertiary alicyclic amines) is 1. The lowest BCUT2D eigenvalue weighted by atomic mass is 10.1. The predicted molar refractivity (Wildman–Crippen MR) is 118 cm³/mol. The van der Waals surface area contributed by atoms with E-state index in [0.717, 1.165) is 42.6 Å². The smallest absolute Gasteiger partial charge is 0.253 e. The zero-order valence-corrected chi connectivity index (χ0v) is 17.9. The summed E-state index contributed by atoms with van der Waals surface area (Å²) in [6.45, 7) is 2.26. The maximum absolute atomic E-state index is 12.8. The molecule has 0 radical (unpaired) electrons. The van der Waals surface area contributed by atoms with Crippen LogP contribution in [0.3, 0.4) is 0 Å². The molecule has 2 fully saturated rings. The maximum Gasteiger partial charge on any atom is 0.253 e. The molecule has 0 spiro atoms. The second kappa shape index (κ2) is 9.23. The molecule has 2 amide bonds. The summed E-state index contributed by atoms with van der Waals surface area (Å²) in [4.78, 5) is 29.2. The van der Waals surface area contributed by atoms with E-state index in [2.05, 4.69) is 0 Å². The van der Waals surface area contributed by atoms with E-state index in [1.54, 1.807) is 11.8 Å². The van der Waals surface area contributed by atoms with E-state index in [-0.39, 0.29) is 17.2 Å². The van der Waals surface area contributed by atoms with Crippen LogP contribution in [0.5, 0.6) is 0 Å². The molecule has 2 heterocycles. The molecule has 2 saturated heterocycles. The van der Waals surface area contributed by atoms with Crippen molar-refractivity contribution >= 4 is 35.2 Å². The van der Waals surface area contributed by atoms with Crippen LogP contribution in [0.2, 0.25) is 5.02 Å². The quantitative estimate of drug-likeness (QED) is 0.677. The molecular weight excluding hydrogens is 404 g/mol. The van der Waals surface area contributed by atoms with Crippen LogP contribution >= 0.6 is 23.4 Å². The number of amides is 2. The molecule has 2 aromatic rings. The number of nitrogens with zero attached hydrogens (tertiary/aromatic N) is 2. The first kappa shape index (κ1) is 20.3. The topological polar surface area (TPSA) is 40.6 Å². The number of carbonyl (C=O) groups is 2. The van der Waals surface area contributed by atoms with Gasteiger partial charge in [-0.3, -0.25) is 9.59 Å². The maximum atomic E-state index is 12.8. The third-order valence-electron chi connectivity index (χ3n) is 5.57. The number of thioether (sulfide) groups is 1. The number of hydrogen-bond acceptors (Lipinski definition) is 3. The molecule has 29 heavy (non-hydrogen) atoms. The Morgan fingerprint density at radius 3 is 2.28 bits per heavy atom. The summed E-state index contributed by atoms with van der Waals surface area (Å²) in [6.07, 6.45) is 4.59. The fourth-order valence-electron chi connectivity index (χ4n) is 3.93. The van der Waals surface area contributed by atoms with E-state index in [9.17, 15) is 9.59 Å². The number of benzene rings is 2. The predicted octanol–water partition coefficient (Wildman–Crippen LogP) is 5.13. The van der Waals surface area contributed by atoms with Crippen LogP contribution in [-0.2, 0) is 11.3 Å². The average Bonchev–Trinajstić information content (AvgIpc) is 2.94. The van der Waals surface area contributed by atoms with Crippen LogP contribution < -0.4 is 0 Å². The molecule has 0 aliphatic carbocycles. The number of halogens is 1. The van der Waals surface area contributed by atoms with Gasteiger partial charge in [0.25, 0.3) is 5.91 Å². The molecular formula is C23H25ClN2O2S. The molecule has 0 N–H and O–H groups in total. The van der Waals surface area contributed by atoms with Gasteiger partial charge in [-0.25, -0.2) is 0 Å². The molecule has 4 nitrogen and oxygen atoms in total. The van der Waals surface area contributed by atoms with Gasteiger partial charge in [0.15, 0.2) is 0 Å². The van der Waals surface area contributed by atoms with Crippen molar-refractivity contribution in [1.29, 1.82) is 0 Å². The van der Waals surface area contributed by atoms with Gasteiger partial charge in [0.05, 0.1) is 5.75 Å². The largest absolute Gasteiger partial charge is 0.339 e. The van der Waals surface area contributed by atoms with E-state index in [1.165, 1.54) is 12.8 Å². The lowest BCUT2D eigenvalue weighted by molar-refractivity contribution is -0.128. The molecule has 1 atom stereocenters. The van der Waals surface area contributed by atoms with Crippen molar-refractivity contribution in [2.75, 3.05) is 18.8 Å². The normalized spacial score (nSPS) is 20.0. The summed E-state index contributed by atoms with van der Waals surface area (Å²) in [5.74, 6) is 0.735. The Morgan fingerprint density at radius 2 is 1.62 bits per heavy atom. The fourth-order valence-corrected chi connectivity index (χ4v) is 5.25. The highest BCUT2D eigenvalue weighted by molar-refractivity contribution is 8.00. The van der Waals surface area contributed by atoms with E-state index in [4.69, 9.17) is 11.6 Å². The van der Waals surface area contributed by atoms with Crippen molar-refractivity contribution in [3.05, 3.63) is 70.2 Å². The van der Waals surface area contributed by atoms with Gasteiger partial charge in [-0.05, 0) is 48.2 Å². The van der Waals surface area contributed by atoms with Gasteiger partial charge < -0.3 is 9.80 Å². The van der Waals surface area contributed by atoms with Crippen LogP contribution in [0.4, 0.5) is 0 Å². The summed E-state index contributed by atoms with van der Waals surface area (Å²) >= 11 is 7.61. The fraction of sp³-hybridized carbons (Fsp3) is 0.391. The third-order valence-corrected chi connectivity index (χ3v) is 7.08. The van der Waals surface area contributed by atoms with Crippen molar-refractivity contribution < 1.29 is 9.59 Å². The summed E-state index contributed by atoms with van der Waals surface area (Å²) < 4.78 is 0. The summed E-state index contributed by atoms with van der Waals surface area (Å²) in [6, 6.07) is 15.4. The Bertz CT molecular complexity index is 861. The lowest BCUT2D eigenvalue weighted by Crippen LogP contribution is -2.31. The van der Waals surface area contributed by atoms with E-state index in [0.29, 0.717) is 17.3 Å². The molecule has 2 aliphatic rings. The van der Waals surface area contributed by atoms with E-state index >= 15 is 0 Å². The Morgan fingerprint density at radius 1 is 0.966 bits per heavy atom. The van der Waals surface area contributed by atoms with E-state index < -0.39 is 0 Å². The van der Waals surface area contributed by atoms with Crippen LogP contribution in [0, 0.1) is 0 Å². The third kappa shape index (κ3) is 4.78. The van der Waals surface area contributed by atoms with Crippen molar-refractivity contribution in [3.63, 3.8) is 0 Å². The van der Waals surface area contributed by atoms with Gasteiger partial charge >= 0.3 is 0 Å². The second-order valence-corrected chi connectivity index (χ2v) is 9.14. The monoisotopic (exact) mass is 428 g/mol. The molecule has 2 aromatic carbocycles. The van der Waals surface area contributed by atoms with Gasteiger partial charge in [-0.2, -0.15) is 0 Å². The first-order valence-corrected chi connectivity index (χ1v) is 11.6. The molecule has 0 bridgehead atoms. The van der Waals surface area contributed by atoms with Crippen LogP contribution in [0.1, 0.15) is 52.5 Å². The first-order chi connectivity index (χ1) is 14.1. The zero-order valence-electron chi connectivity index (χ0n) is 16.4. The number of carbonyl (C=O) groups excluding carboxylic acids is 2. The summed E-state index contributed by atoms with van der Waals surface area (Å²) in [5.41, 5.74) is 2.85. The van der Waals surface area contributed by atoms with Crippen molar-refractivity contribution in [2.24, 2.45) is 0 Å². The van der Waals surface area contributed by atoms with E-state index in [1.807, 2.05) is 58.3 Å². The van der Waals surface area contributed by atoms with Gasteiger partial charge in [0.2, 0.25) is 5.91 Å². The Labute approximate surface area is 181 Å². The van der Waals surface area contributed by atoms with Crippen LogP contribution in [-0.4, -0.2) is 40.5 Å². The molecule has 4 rings (SSSR count). The highest BCUT2D eigenvalue weighted by Gasteiger charge is 2.33. The first-order valence-electron chi connectivity index (χ1n) is 10.2. The summed E-state index contributed by atoms with van der Waals surface area (Å²) in [5, 5.41) is 0.664. The minimum atomic E-state index is -0.0273. The van der Waals surface area contributed by atoms with Gasteiger partial charge in [-0.1, -0.05) is 48.7 Å². The SMILES string of the molecule is O=C(c1ccc([C@@H]2SCC(=O)N2Cc2ccc(Cl)cc2)cc1)N1CCCCCC1. The number of rotatable bonds is 4. The van der Waals surface area contributed by atoms with Crippen LogP contribution in [0.15, 0.2) is 48.5 Å². The van der Waals surface area contributed by atoms with Gasteiger partial charge in [0, 0.05) is 30.2 Å². The molecule has 152 valence electrons. The number of hydrogen-bond donors (Lipinski definition) is 0. The van der Waals surface area contributed by atoms with Gasteiger partial charge in [0.1, 0.15) is 5.37 Å². The second-order valence-electron chi connectivity index (χ2n) is 7.64. The lowest BCUT2D eigenvalue weighted by Gasteiger charge is -2.25. The molecule has 0 aromatic heterocycles. The average molecular weight is 429 g/mol. The molecule has 0 unspecified atom stereocenters. The highest BCUT2D eigenvalue weighted by Crippen LogP contribution is 2.39. The standard InChI is InChI=1S/C23H25ClN2O2S/c24-20-11-5-17(6-12-20)15-26-21(27)16-29-23(26)19-9-7-18(8-10-19)22(28)25-13-3-1-2-4-14-25/h5-12,23H,1-4,13-16H2/t23-/m0/s1. The van der Waals surface area contributed by atoms with Crippen molar-refractivity contribution in [3.8, 4) is 0 Å². The van der Waals surface area contributed by atoms with Crippen LogP contribution in [0.25, 0.3) is 0 Å². The Hall–Kier alpha value is -1.98. The molecule has 2 aliphatic heterocycles. The minimum Gasteiger partial charge on any atom is -0.339 e. The van der Waals surface area contributed by atoms with Crippen molar-refractivity contribution in [1.82, 2.24) is 9.80 Å². The Kier molecular flexibility index (Phi) is 6.46. The highest BCUT2D eigenvalue weighted by atomic mass is 35.5. The van der Waals surface area contributed by atoms with Crippen molar-refractivity contribution in [2.45, 2.75) is 37.6 Å². The molecule has 6 heteroatoms. The molecule has 0 saturated carbocycles. The Balaban J connectivity index is 1.47. The van der Waals surface area contributed by atoms with Gasteiger partial charge in [-0.15, -0.1) is 11.8 Å².